The SMILES string of the molecule is CCCN(CCCOc1ccc2c(Nc3cc(CC(=O)Nc4cccc(F)c4F)[nH]n3)ncnc2c1)C(C)(C(C)(C)C)C(C)(C)C. The molecule has 4 rings (SSSR count). The molecule has 9 nitrogen and oxygen atoms in total. The van der Waals surface area contributed by atoms with Gasteiger partial charge in [0.2, 0.25) is 5.91 Å². The number of hydrogen-bond acceptors (Lipinski definition) is 7. The van der Waals surface area contributed by atoms with Crippen molar-refractivity contribution in [3.63, 3.8) is 0 Å². The second-order valence-corrected chi connectivity index (χ2v) is 13.9. The van der Waals surface area contributed by atoms with Gasteiger partial charge in [-0.1, -0.05) is 54.5 Å². The van der Waals surface area contributed by atoms with Gasteiger partial charge in [-0.2, -0.15) is 5.10 Å². The third-order valence-corrected chi connectivity index (χ3v) is 8.95. The first-order chi connectivity index (χ1) is 21.6. The van der Waals surface area contributed by atoms with E-state index in [0.29, 0.717) is 29.5 Å². The average molecular weight is 636 g/mol. The van der Waals surface area contributed by atoms with Crippen molar-refractivity contribution in [2.75, 3.05) is 30.3 Å². The summed E-state index contributed by atoms with van der Waals surface area (Å²) in [5.41, 5.74) is 1.17. The highest BCUT2D eigenvalue weighted by Gasteiger charge is 2.50. The van der Waals surface area contributed by atoms with Crippen molar-refractivity contribution in [1.29, 1.82) is 0 Å². The van der Waals surface area contributed by atoms with E-state index in [2.05, 4.69) is 91.1 Å². The molecule has 0 saturated heterocycles. The van der Waals surface area contributed by atoms with Gasteiger partial charge < -0.3 is 15.4 Å². The number of H-pyrrole nitrogens is 1. The van der Waals surface area contributed by atoms with Crippen molar-refractivity contribution in [3.8, 4) is 5.75 Å². The van der Waals surface area contributed by atoms with Crippen LogP contribution in [0.5, 0.6) is 5.75 Å². The summed E-state index contributed by atoms with van der Waals surface area (Å²) in [6.07, 6.45) is 3.34. The Kier molecular flexibility index (Phi) is 10.7. The number of aromatic amines is 1. The van der Waals surface area contributed by atoms with E-state index in [0.717, 1.165) is 43.1 Å². The number of nitrogens with one attached hydrogen (secondary N) is 3. The summed E-state index contributed by atoms with van der Waals surface area (Å²) in [6, 6.07) is 11.0. The molecule has 0 aliphatic heterocycles. The summed E-state index contributed by atoms with van der Waals surface area (Å²) in [5.74, 6) is -0.943. The Balaban J connectivity index is 1.37. The molecule has 11 heteroatoms. The van der Waals surface area contributed by atoms with Crippen LogP contribution in [-0.4, -0.2) is 56.2 Å². The molecular weight excluding hydrogens is 588 g/mol. The molecule has 2 aromatic carbocycles. The molecule has 2 aromatic heterocycles. The smallest absolute Gasteiger partial charge is 0.230 e. The summed E-state index contributed by atoms with van der Waals surface area (Å²) in [4.78, 5) is 23.8. The standard InChI is InChI=1S/C35H47F2N7O2/c1-9-16-44(35(8,33(2,3)4)34(5,6)7)17-11-18-46-24-14-15-25-28(21-24)38-22-39-32(25)41-29-19-23(42-43-29)20-30(45)40-27-13-10-12-26(36)31(27)37/h10,12-15,19,21-22H,9,11,16-18,20H2,1-8H3,(H,40,45)(H2,38,39,41,42,43). The van der Waals surface area contributed by atoms with E-state index in [-0.39, 0.29) is 28.5 Å². The van der Waals surface area contributed by atoms with Gasteiger partial charge in [-0.15, -0.1) is 0 Å². The monoisotopic (exact) mass is 635 g/mol. The Morgan fingerprint density at radius 3 is 2.41 bits per heavy atom. The zero-order valence-electron chi connectivity index (χ0n) is 28.2. The molecule has 0 spiro atoms. The number of benzene rings is 2. The first-order valence-corrected chi connectivity index (χ1v) is 15.8. The van der Waals surface area contributed by atoms with E-state index in [1.807, 2.05) is 18.2 Å². The fourth-order valence-corrected chi connectivity index (χ4v) is 6.18. The van der Waals surface area contributed by atoms with Crippen LogP contribution in [0.15, 0.2) is 48.8 Å². The van der Waals surface area contributed by atoms with Crippen LogP contribution >= 0.6 is 0 Å². The molecule has 0 unspecified atom stereocenters. The lowest BCUT2D eigenvalue weighted by Gasteiger charge is -2.58. The molecule has 1 amide bonds. The Morgan fingerprint density at radius 1 is 0.978 bits per heavy atom. The summed E-state index contributed by atoms with van der Waals surface area (Å²) in [6.45, 7) is 21.2. The molecule has 248 valence electrons. The predicted molar refractivity (Wildman–Crippen MR) is 179 cm³/mol. The van der Waals surface area contributed by atoms with Crippen LogP contribution in [0.4, 0.5) is 26.1 Å². The van der Waals surface area contributed by atoms with Gasteiger partial charge in [0.25, 0.3) is 0 Å². The van der Waals surface area contributed by atoms with Gasteiger partial charge in [0, 0.05) is 35.3 Å². The normalized spacial score (nSPS) is 12.5. The van der Waals surface area contributed by atoms with Gasteiger partial charge in [-0.25, -0.2) is 18.7 Å². The lowest BCUT2D eigenvalue weighted by atomic mass is 9.60. The number of carbonyl (C=O) groups is 1. The molecule has 46 heavy (non-hydrogen) atoms. The molecule has 0 bridgehead atoms. The van der Waals surface area contributed by atoms with E-state index >= 15 is 0 Å². The fourth-order valence-electron chi connectivity index (χ4n) is 6.18. The van der Waals surface area contributed by atoms with Gasteiger partial charge >= 0.3 is 0 Å². The summed E-state index contributed by atoms with van der Waals surface area (Å²) >= 11 is 0. The third-order valence-electron chi connectivity index (χ3n) is 8.95. The number of aromatic nitrogens is 4. The zero-order valence-corrected chi connectivity index (χ0v) is 28.2. The van der Waals surface area contributed by atoms with Crippen molar-refractivity contribution in [3.05, 3.63) is 66.1 Å². The minimum absolute atomic E-state index is 0.00304. The highest BCUT2D eigenvalue weighted by atomic mass is 19.2. The molecular formula is C35H47F2N7O2. The topological polar surface area (TPSA) is 108 Å². The summed E-state index contributed by atoms with van der Waals surface area (Å²) < 4.78 is 33.5. The van der Waals surface area contributed by atoms with Crippen LogP contribution in [0.2, 0.25) is 0 Å². The third kappa shape index (κ3) is 7.81. The summed E-state index contributed by atoms with van der Waals surface area (Å²) in [5, 5.41) is 13.3. The Bertz CT molecular complexity index is 1630. The van der Waals surface area contributed by atoms with Crippen molar-refractivity contribution in [2.45, 2.75) is 80.2 Å². The van der Waals surface area contributed by atoms with E-state index < -0.39 is 17.5 Å². The Hall–Kier alpha value is -4.12. The Morgan fingerprint density at radius 2 is 1.72 bits per heavy atom. The van der Waals surface area contributed by atoms with Crippen LogP contribution < -0.4 is 15.4 Å². The Labute approximate surface area is 270 Å². The van der Waals surface area contributed by atoms with Crippen molar-refractivity contribution in [1.82, 2.24) is 25.1 Å². The minimum atomic E-state index is -1.11. The number of halogens is 2. The molecule has 0 aliphatic rings. The van der Waals surface area contributed by atoms with Crippen LogP contribution in [0.25, 0.3) is 10.9 Å². The molecule has 2 heterocycles. The molecule has 0 aliphatic carbocycles. The molecule has 0 atom stereocenters. The van der Waals surface area contributed by atoms with Gasteiger partial charge in [0.15, 0.2) is 17.5 Å². The predicted octanol–water partition coefficient (Wildman–Crippen LogP) is 7.89. The quantitative estimate of drug-likeness (QED) is 0.128. The molecule has 0 saturated carbocycles. The maximum absolute atomic E-state index is 13.9. The number of rotatable bonds is 13. The number of anilines is 3. The second kappa shape index (κ2) is 14.1. The van der Waals surface area contributed by atoms with E-state index in [4.69, 9.17) is 4.74 Å². The first kappa shape index (κ1) is 34.7. The number of amides is 1. The number of fused-ring (bicyclic) bond motifs is 1. The van der Waals surface area contributed by atoms with Gasteiger partial charge in [0.1, 0.15) is 17.9 Å². The molecule has 3 N–H and O–H groups in total. The van der Waals surface area contributed by atoms with Crippen molar-refractivity contribution in [2.24, 2.45) is 10.8 Å². The van der Waals surface area contributed by atoms with Crippen LogP contribution in [0, 0.1) is 22.5 Å². The van der Waals surface area contributed by atoms with Crippen LogP contribution in [0.3, 0.4) is 0 Å². The van der Waals surface area contributed by atoms with Crippen LogP contribution in [-0.2, 0) is 11.2 Å². The molecule has 0 radical (unpaired) electrons. The number of hydrogen-bond donors (Lipinski definition) is 3. The number of nitrogens with zero attached hydrogens (tertiary/aromatic N) is 4. The first-order valence-electron chi connectivity index (χ1n) is 15.8. The number of carbonyl (C=O) groups excluding carboxylic acids is 1. The number of ether oxygens (including phenoxy) is 1. The van der Waals surface area contributed by atoms with Crippen LogP contribution in [0.1, 0.15) is 73.9 Å². The summed E-state index contributed by atoms with van der Waals surface area (Å²) in [7, 11) is 0. The minimum Gasteiger partial charge on any atom is -0.493 e. The van der Waals surface area contributed by atoms with E-state index in [9.17, 15) is 13.6 Å². The van der Waals surface area contributed by atoms with Crippen molar-refractivity contribution < 1.29 is 18.3 Å². The lowest BCUT2D eigenvalue weighted by Crippen LogP contribution is -2.63. The van der Waals surface area contributed by atoms with Gasteiger partial charge in [-0.3, -0.25) is 14.8 Å². The zero-order chi connectivity index (χ0) is 33.7. The highest BCUT2D eigenvalue weighted by Crippen LogP contribution is 2.48. The van der Waals surface area contributed by atoms with Gasteiger partial charge in [-0.05, 0) is 61.4 Å². The maximum atomic E-state index is 13.9. The van der Waals surface area contributed by atoms with E-state index in [1.54, 1.807) is 6.07 Å². The lowest BCUT2D eigenvalue weighted by molar-refractivity contribution is -0.115. The maximum Gasteiger partial charge on any atom is 0.230 e. The van der Waals surface area contributed by atoms with Gasteiger partial charge in [0.05, 0.1) is 24.2 Å². The largest absolute Gasteiger partial charge is 0.493 e. The second-order valence-electron chi connectivity index (χ2n) is 13.9. The fraction of sp³-hybridized carbons (Fsp3) is 0.486. The van der Waals surface area contributed by atoms with E-state index in [1.165, 1.54) is 18.5 Å². The molecule has 0 fully saturated rings. The highest BCUT2D eigenvalue weighted by molar-refractivity contribution is 5.93. The van der Waals surface area contributed by atoms with Crippen molar-refractivity contribution >= 4 is 34.1 Å². The average Bonchev–Trinajstić information content (AvgIpc) is 3.41. The molecule has 4 aromatic rings.